The third kappa shape index (κ3) is 10.6. The van der Waals surface area contributed by atoms with Gasteiger partial charge in [0.15, 0.2) is 0 Å². The molecule has 0 aromatic carbocycles. The molecule has 0 bridgehead atoms. The van der Waals surface area contributed by atoms with E-state index in [1.807, 2.05) is 0 Å². The van der Waals surface area contributed by atoms with Crippen molar-refractivity contribution in [3.8, 4) is 0 Å². The van der Waals surface area contributed by atoms with Crippen LogP contribution in [-0.2, 0) is 0 Å². The predicted octanol–water partition coefficient (Wildman–Crippen LogP) is 8.42. The first-order valence-electron chi connectivity index (χ1n) is 10.5. The summed E-state index contributed by atoms with van der Waals surface area (Å²) in [6, 6.07) is 0. The molecule has 0 saturated heterocycles. The zero-order valence-corrected chi connectivity index (χ0v) is 17.8. The van der Waals surface area contributed by atoms with E-state index >= 15 is 0 Å². The first-order chi connectivity index (χ1) is 11.9. The normalized spacial score (nSPS) is 16.7. The van der Waals surface area contributed by atoms with E-state index in [0.717, 1.165) is 12.5 Å². The molecule has 0 N–H and O–H groups in total. The Morgan fingerprint density at radius 1 is 0.880 bits per heavy atom. The average molecular weight is 340 g/mol. The number of hydrogen-bond acceptors (Lipinski definition) is 0. The molecule has 0 saturated carbocycles. The molecule has 25 heavy (non-hydrogen) atoms. The highest BCUT2D eigenvalue weighted by Gasteiger charge is 2.26. The number of allylic oxidation sites excluding steroid dienone is 8. The van der Waals surface area contributed by atoms with Gasteiger partial charge in [0.2, 0.25) is 0 Å². The van der Waals surface area contributed by atoms with Gasteiger partial charge in [0.1, 0.15) is 6.71 Å². The van der Waals surface area contributed by atoms with Gasteiger partial charge in [0, 0.05) is 0 Å². The summed E-state index contributed by atoms with van der Waals surface area (Å²) in [5, 5.41) is 0. The minimum Gasteiger partial charge on any atom is -0.0866 e. The summed E-state index contributed by atoms with van der Waals surface area (Å²) in [5.41, 5.74) is 6.11. The molecular weight excluding hydrogens is 299 g/mol. The Hall–Kier alpha value is -0.975. The minimum absolute atomic E-state index is 0.887. The summed E-state index contributed by atoms with van der Waals surface area (Å²) in [6.45, 7) is 14.2. The summed E-state index contributed by atoms with van der Waals surface area (Å²) in [6.07, 6.45) is 21.6. The van der Waals surface area contributed by atoms with Crippen LogP contribution in [0.15, 0.2) is 46.6 Å². The van der Waals surface area contributed by atoms with Crippen molar-refractivity contribution in [2.24, 2.45) is 0 Å². The highest BCUT2D eigenvalue weighted by molar-refractivity contribution is 6.60. The van der Waals surface area contributed by atoms with Crippen LogP contribution in [0.5, 0.6) is 0 Å². The molecule has 0 heterocycles. The van der Waals surface area contributed by atoms with Crippen molar-refractivity contribution in [1.82, 2.24) is 0 Å². The molecule has 0 aromatic heterocycles. The van der Waals surface area contributed by atoms with Crippen molar-refractivity contribution in [3.63, 3.8) is 0 Å². The fourth-order valence-electron chi connectivity index (χ4n) is 3.96. The Kier molecular flexibility index (Phi) is 10.9. The van der Waals surface area contributed by atoms with Gasteiger partial charge in [-0.1, -0.05) is 71.5 Å². The van der Waals surface area contributed by atoms with Crippen LogP contribution in [0, 0.1) is 0 Å². The monoisotopic (exact) mass is 340 g/mol. The Balaban J connectivity index is 2.62. The zero-order chi connectivity index (χ0) is 18.7. The van der Waals surface area contributed by atoms with Crippen molar-refractivity contribution in [2.45, 2.75) is 105 Å². The maximum Gasteiger partial charge on any atom is 0.144 e. The van der Waals surface area contributed by atoms with E-state index in [1.165, 1.54) is 74.3 Å². The molecular formula is C24H41B. The van der Waals surface area contributed by atoms with Crippen LogP contribution < -0.4 is 0 Å². The van der Waals surface area contributed by atoms with E-state index in [2.05, 4.69) is 65.8 Å². The fourth-order valence-corrected chi connectivity index (χ4v) is 3.96. The number of rotatable bonds is 10. The van der Waals surface area contributed by atoms with Crippen molar-refractivity contribution in [3.05, 3.63) is 46.6 Å². The smallest absolute Gasteiger partial charge is 0.0866 e. The van der Waals surface area contributed by atoms with Gasteiger partial charge >= 0.3 is 0 Å². The highest BCUT2D eigenvalue weighted by atomic mass is 14.2. The lowest BCUT2D eigenvalue weighted by atomic mass is 9.34. The van der Waals surface area contributed by atoms with Crippen LogP contribution in [0.25, 0.3) is 0 Å². The molecule has 0 amide bonds. The van der Waals surface area contributed by atoms with Crippen molar-refractivity contribution in [1.29, 1.82) is 0 Å². The van der Waals surface area contributed by atoms with Gasteiger partial charge in [-0.05, 0) is 80.1 Å². The standard InChI is InChI=1S/C24H41B/c1-20(2)11-7-14-23-15-8-16-24(19-23)25(17-9-12-21(3)4)18-10-13-22(5)6/h11-13,15,24H,7-10,14,16-19H2,1-6H3. The molecule has 0 fully saturated rings. The lowest BCUT2D eigenvalue weighted by Gasteiger charge is -2.28. The van der Waals surface area contributed by atoms with Gasteiger partial charge in [-0.25, -0.2) is 0 Å². The first kappa shape index (κ1) is 22.1. The van der Waals surface area contributed by atoms with Crippen LogP contribution in [-0.4, -0.2) is 6.71 Å². The SMILES string of the molecule is CC(C)=CCCB(CCC=C(C)C)C1CCC=C(CCC=C(C)C)C1. The maximum atomic E-state index is 2.54. The van der Waals surface area contributed by atoms with Crippen LogP contribution in [0.3, 0.4) is 0 Å². The lowest BCUT2D eigenvalue weighted by Crippen LogP contribution is -2.22. The van der Waals surface area contributed by atoms with E-state index in [9.17, 15) is 0 Å². The van der Waals surface area contributed by atoms with Gasteiger partial charge in [-0.3, -0.25) is 0 Å². The Labute approximate surface area is 158 Å². The minimum atomic E-state index is 0.887. The molecule has 1 unspecified atom stereocenters. The predicted molar refractivity (Wildman–Crippen MR) is 118 cm³/mol. The van der Waals surface area contributed by atoms with E-state index < -0.39 is 0 Å². The second kappa shape index (κ2) is 12.4. The van der Waals surface area contributed by atoms with E-state index in [4.69, 9.17) is 0 Å². The largest absolute Gasteiger partial charge is 0.144 e. The summed E-state index contributed by atoms with van der Waals surface area (Å²) >= 11 is 0. The van der Waals surface area contributed by atoms with Gasteiger partial charge in [-0.2, -0.15) is 0 Å². The van der Waals surface area contributed by atoms with E-state index in [1.54, 1.807) is 5.57 Å². The molecule has 0 aromatic rings. The zero-order valence-electron chi connectivity index (χ0n) is 17.8. The maximum absolute atomic E-state index is 2.54. The molecule has 140 valence electrons. The summed E-state index contributed by atoms with van der Waals surface area (Å²) in [5.74, 6) is 0.905. The fraction of sp³-hybridized carbons (Fsp3) is 0.667. The third-order valence-electron chi connectivity index (χ3n) is 5.36. The molecule has 1 heteroatoms. The highest BCUT2D eigenvalue weighted by Crippen LogP contribution is 2.37. The van der Waals surface area contributed by atoms with Crippen LogP contribution in [0.4, 0.5) is 0 Å². The first-order valence-corrected chi connectivity index (χ1v) is 10.5. The van der Waals surface area contributed by atoms with Gasteiger partial charge < -0.3 is 0 Å². The van der Waals surface area contributed by atoms with Crippen LogP contribution in [0.1, 0.15) is 86.5 Å². The average Bonchev–Trinajstić information content (AvgIpc) is 2.53. The Morgan fingerprint density at radius 3 is 1.92 bits per heavy atom. The molecule has 1 aliphatic carbocycles. The number of hydrogen-bond donors (Lipinski definition) is 0. The summed E-state index contributed by atoms with van der Waals surface area (Å²) in [4.78, 5) is 0. The van der Waals surface area contributed by atoms with Crippen molar-refractivity contribution in [2.75, 3.05) is 0 Å². The van der Waals surface area contributed by atoms with E-state index in [-0.39, 0.29) is 0 Å². The van der Waals surface area contributed by atoms with Crippen LogP contribution in [0.2, 0.25) is 18.5 Å². The Morgan fingerprint density at radius 2 is 1.40 bits per heavy atom. The molecule has 1 rings (SSSR count). The summed E-state index contributed by atoms with van der Waals surface area (Å²) in [7, 11) is 0. The molecule has 0 aliphatic heterocycles. The van der Waals surface area contributed by atoms with Gasteiger partial charge in [0.05, 0.1) is 0 Å². The van der Waals surface area contributed by atoms with E-state index in [0.29, 0.717) is 0 Å². The molecule has 1 atom stereocenters. The molecule has 0 spiro atoms. The quantitative estimate of drug-likeness (QED) is 0.276. The third-order valence-corrected chi connectivity index (χ3v) is 5.36. The Bertz CT molecular complexity index is 470. The second-order valence-corrected chi connectivity index (χ2v) is 8.70. The second-order valence-electron chi connectivity index (χ2n) is 8.70. The lowest BCUT2D eigenvalue weighted by molar-refractivity contribution is 0.654. The topological polar surface area (TPSA) is 0 Å². The molecule has 1 aliphatic rings. The molecule has 0 radical (unpaired) electrons. The summed E-state index contributed by atoms with van der Waals surface area (Å²) < 4.78 is 0. The van der Waals surface area contributed by atoms with Crippen LogP contribution >= 0.6 is 0 Å². The van der Waals surface area contributed by atoms with Gasteiger partial charge in [0.25, 0.3) is 0 Å². The van der Waals surface area contributed by atoms with Gasteiger partial charge in [-0.15, -0.1) is 0 Å². The van der Waals surface area contributed by atoms with Crippen molar-refractivity contribution < 1.29 is 0 Å². The molecule has 0 nitrogen and oxygen atoms in total. The van der Waals surface area contributed by atoms with Crippen molar-refractivity contribution >= 4 is 6.71 Å².